The first kappa shape index (κ1) is 34.2. The Kier molecular flexibility index (Phi) is 9.28. The summed E-state index contributed by atoms with van der Waals surface area (Å²) in [5.74, 6) is 1.97. The maximum absolute atomic E-state index is 7.55. The van der Waals surface area contributed by atoms with Gasteiger partial charge in [-0.1, -0.05) is 145 Å². The fourth-order valence-electron chi connectivity index (χ4n) is 9.11. The Balaban J connectivity index is 1.22. The van der Waals surface area contributed by atoms with Crippen LogP contribution in [0.3, 0.4) is 0 Å². The van der Waals surface area contributed by atoms with Gasteiger partial charge in [0.15, 0.2) is 11.9 Å². The lowest BCUT2D eigenvalue weighted by molar-refractivity contribution is -0.984. The largest absolute Gasteiger partial charge is 0.462 e. The first-order valence-electron chi connectivity index (χ1n) is 18.9. The minimum Gasteiger partial charge on any atom is -0.462 e. The average Bonchev–Trinajstić information content (AvgIpc) is 3.23. The van der Waals surface area contributed by atoms with Gasteiger partial charge in [-0.3, -0.25) is 4.98 Å². The average molecular weight is 726 g/mol. The number of halogens is 1. The Hall–Kier alpha value is -5.62. The maximum atomic E-state index is 7.55. The number of piperidine rings is 3. The molecule has 2 aromatic heterocycles. The summed E-state index contributed by atoms with van der Waals surface area (Å²) in [6.45, 7) is 7.29. The molecule has 3 saturated heterocycles. The summed E-state index contributed by atoms with van der Waals surface area (Å²) in [5.41, 5.74) is 8.33. The third-order valence-electron chi connectivity index (χ3n) is 11.7. The fourth-order valence-corrected chi connectivity index (χ4v) is 9.38. The first-order chi connectivity index (χ1) is 26.6. The molecule has 0 aliphatic carbocycles. The molecule has 0 radical (unpaired) electrons. The summed E-state index contributed by atoms with van der Waals surface area (Å²) in [6, 6.07) is 50.5. The zero-order valence-corrected chi connectivity index (χ0v) is 30.9. The maximum Gasteiger partial charge on any atom is 0.227 e. The van der Waals surface area contributed by atoms with Crippen molar-refractivity contribution in [2.75, 3.05) is 13.1 Å². The van der Waals surface area contributed by atoms with E-state index in [4.69, 9.17) is 31.3 Å². The van der Waals surface area contributed by atoms with Crippen molar-refractivity contribution in [1.82, 2.24) is 15.0 Å². The standard InChI is InChI=1S/C48H42ClN4O/c1-2-34-32-53(31-33-15-14-22-38(29-33)35-16-6-3-7-17-35)28-26-39(34)30-43(53)45(41-25-27-50-42-24-13-12-23-40(41)42)54-48-44(36-18-8-4-9-19-36)46(49)51-47(52-48)37-20-10-5-11-21-37/h2-25,27,29,34,39,43,45H,1,26,28,30-32H2/q+1/t34-,39-,43+,45-,53?/m0/s1. The Labute approximate surface area is 322 Å². The summed E-state index contributed by atoms with van der Waals surface area (Å²) in [4.78, 5) is 14.8. The number of hydrogen-bond donors (Lipinski definition) is 0. The van der Waals surface area contributed by atoms with E-state index in [9.17, 15) is 0 Å². The van der Waals surface area contributed by atoms with Gasteiger partial charge in [0.05, 0.1) is 24.2 Å². The topological polar surface area (TPSA) is 47.9 Å². The summed E-state index contributed by atoms with van der Waals surface area (Å²) >= 11 is 7.17. The molecule has 7 aromatic rings. The van der Waals surface area contributed by atoms with E-state index in [0.717, 1.165) is 64.6 Å². The summed E-state index contributed by atoms with van der Waals surface area (Å²) < 4.78 is 8.44. The predicted octanol–water partition coefficient (Wildman–Crippen LogP) is 11.4. The summed E-state index contributed by atoms with van der Waals surface area (Å²) in [6.07, 6.45) is 5.92. The molecule has 6 heteroatoms. The van der Waals surface area contributed by atoms with Crippen LogP contribution in [0.5, 0.6) is 5.88 Å². The Morgan fingerprint density at radius 2 is 1.44 bits per heavy atom. The van der Waals surface area contributed by atoms with E-state index in [1.807, 2.05) is 72.9 Å². The first-order valence-corrected chi connectivity index (χ1v) is 19.3. The molecule has 2 bridgehead atoms. The van der Waals surface area contributed by atoms with Gasteiger partial charge in [0.2, 0.25) is 5.88 Å². The molecule has 5 heterocycles. The van der Waals surface area contributed by atoms with Crippen molar-refractivity contribution in [3.63, 3.8) is 0 Å². The molecule has 5 atom stereocenters. The van der Waals surface area contributed by atoms with Crippen LogP contribution < -0.4 is 4.74 Å². The quantitative estimate of drug-likeness (QED) is 0.0800. The van der Waals surface area contributed by atoms with Crippen LogP contribution in [-0.2, 0) is 6.54 Å². The number of ether oxygens (including phenoxy) is 1. The second-order valence-electron chi connectivity index (χ2n) is 14.8. The highest BCUT2D eigenvalue weighted by molar-refractivity contribution is 6.32. The lowest BCUT2D eigenvalue weighted by atomic mass is 9.71. The lowest BCUT2D eigenvalue weighted by Gasteiger charge is -2.58. The normalized spacial score (nSPS) is 21.1. The third kappa shape index (κ3) is 6.48. The van der Waals surface area contributed by atoms with Crippen LogP contribution in [0.2, 0.25) is 5.15 Å². The molecule has 0 N–H and O–H groups in total. The van der Waals surface area contributed by atoms with Crippen molar-refractivity contribution in [3.05, 3.63) is 181 Å². The van der Waals surface area contributed by atoms with Gasteiger partial charge < -0.3 is 9.22 Å². The third-order valence-corrected chi connectivity index (χ3v) is 12.0. The molecule has 1 unspecified atom stereocenters. The van der Waals surface area contributed by atoms with Gasteiger partial charge in [-0.15, -0.1) is 6.58 Å². The van der Waals surface area contributed by atoms with Crippen LogP contribution in [0.25, 0.3) is 44.5 Å². The van der Waals surface area contributed by atoms with E-state index in [1.54, 1.807) is 0 Å². The van der Waals surface area contributed by atoms with Crippen molar-refractivity contribution in [3.8, 4) is 39.5 Å². The molecule has 3 fully saturated rings. The van der Waals surface area contributed by atoms with E-state index >= 15 is 0 Å². The van der Waals surface area contributed by atoms with Crippen LogP contribution >= 0.6 is 11.6 Å². The molecule has 3 aliphatic heterocycles. The van der Waals surface area contributed by atoms with Crippen LogP contribution in [0.15, 0.2) is 164 Å². The van der Waals surface area contributed by atoms with Gasteiger partial charge in [-0.05, 0) is 40.8 Å². The van der Waals surface area contributed by atoms with Gasteiger partial charge in [-0.2, -0.15) is 4.98 Å². The molecular formula is C48H42ClN4O+. The van der Waals surface area contributed by atoms with E-state index in [-0.39, 0.29) is 12.1 Å². The smallest absolute Gasteiger partial charge is 0.227 e. The van der Waals surface area contributed by atoms with Gasteiger partial charge >= 0.3 is 0 Å². The van der Waals surface area contributed by atoms with Crippen LogP contribution in [0, 0.1) is 11.8 Å². The number of hydrogen-bond acceptors (Lipinski definition) is 4. The van der Waals surface area contributed by atoms with Crippen molar-refractivity contribution in [2.45, 2.75) is 31.5 Å². The number of nitrogens with zero attached hydrogens (tertiary/aromatic N) is 4. The zero-order valence-electron chi connectivity index (χ0n) is 30.1. The predicted molar refractivity (Wildman–Crippen MR) is 219 cm³/mol. The van der Waals surface area contributed by atoms with Gasteiger partial charge in [0, 0.05) is 47.0 Å². The second kappa shape index (κ2) is 14.7. The highest BCUT2D eigenvalue weighted by atomic mass is 35.5. The molecule has 3 aliphatic rings. The van der Waals surface area contributed by atoms with Gasteiger partial charge in [-0.25, -0.2) is 4.98 Å². The summed E-state index contributed by atoms with van der Waals surface area (Å²) in [5, 5.41) is 1.45. The minimum atomic E-state index is -0.360. The monoisotopic (exact) mass is 725 g/mol. The number of rotatable bonds is 10. The zero-order chi connectivity index (χ0) is 36.5. The highest BCUT2D eigenvalue weighted by Crippen LogP contribution is 2.50. The SMILES string of the molecule is C=C[C@H]1C[N+]2(Cc3cccc(-c4ccccc4)c3)CC[C@H]1C[C@@H]2[C@@H](Oc1nc(-c2ccccc2)nc(Cl)c1-c1ccccc1)c1ccnc2ccccc12. The number of aromatic nitrogens is 3. The molecule has 0 amide bonds. The minimum absolute atomic E-state index is 0.115. The Morgan fingerprint density at radius 3 is 2.20 bits per heavy atom. The molecule has 5 nitrogen and oxygen atoms in total. The Morgan fingerprint density at radius 1 is 0.759 bits per heavy atom. The Bertz CT molecular complexity index is 2420. The molecule has 10 rings (SSSR count). The molecule has 0 saturated carbocycles. The highest BCUT2D eigenvalue weighted by Gasteiger charge is 2.55. The molecule has 5 aromatic carbocycles. The van der Waals surface area contributed by atoms with Gasteiger partial charge in [0.25, 0.3) is 0 Å². The number of fused-ring (bicyclic) bond motifs is 4. The van der Waals surface area contributed by atoms with E-state index in [1.165, 1.54) is 16.7 Å². The molecular weight excluding hydrogens is 684 g/mol. The lowest BCUT2D eigenvalue weighted by Crippen LogP contribution is -2.68. The van der Waals surface area contributed by atoms with Gasteiger partial charge in [0.1, 0.15) is 17.7 Å². The molecule has 0 spiro atoms. The molecule has 54 heavy (non-hydrogen) atoms. The number of para-hydroxylation sites is 1. The fraction of sp³-hybridized carbons (Fsp3) is 0.188. The summed E-state index contributed by atoms with van der Waals surface area (Å²) in [7, 11) is 0. The molecule has 266 valence electrons. The van der Waals surface area contributed by atoms with E-state index in [0.29, 0.717) is 34.3 Å². The van der Waals surface area contributed by atoms with Crippen LogP contribution in [-0.4, -0.2) is 38.6 Å². The van der Waals surface area contributed by atoms with Crippen LogP contribution in [0.1, 0.15) is 30.1 Å². The van der Waals surface area contributed by atoms with Crippen molar-refractivity contribution < 1.29 is 9.22 Å². The second-order valence-corrected chi connectivity index (χ2v) is 15.2. The van der Waals surface area contributed by atoms with E-state index in [2.05, 4.69) is 91.5 Å². The van der Waals surface area contributed by atoms with Crippen molar-refractivity contribution in [1.29, 1.82) is 0 Å². The van der Waals surface area contributed by atoms with Crippen LogP contribution in [0.4, 0.5) is 0 Å². The number of benzene rings is 5. The van der Waals surface area contributed by atoms with E-state index < -0.39 is 0 Å². The number of quaternary nitrogens is 1. The number of pyridine rings is 1. The van der Waals surface area contributed by atoms with Crippen molar-refractivity contribution in [2.24, 2.45) is 11.8 Å². The van der Waals surface area contributed by atoms with Crippen molar-refractivity contribution >= 4 is 22.5 Å².